The van der Waals surface area contributed by atoms with E-state index in [0.29, 0.717) is 6.54 Å². The Kier molecular flexibility index (Phi) is 3.72. The van der Waals surface area contributed by atoms with Gasteiger partial charge in [0.25, 0.3) is 0 Å². The van der Waals surface area contributed by atoms with Gasteiger partial charge >= 0.3 is 5.00 Å². The fourth-order valence-electron chi connectivity index (χ4n) is 2.14. The number of rotatable bonds is 5. The van der Waals surface area contributed by atoms with Crippen LogP contribution in [-0.2, 0) is 6.54 Å². The predicted molar refractivity (Wildman–Crippen MR) is 82.4 cm³/mol. The zero-order valence-corrected chi connectivity index (χ0v) is 12.2. The standard InChI is InChI=1S/C15H14N2O3S/c1-10(14-7-12-4-2-3-5-13(12)20-14)16-8-11-6-15(17(18)19)21-9-11/h2-7,9-10,16H,8H2,1H3. The Balaban J connectivity index is 1.67. The highest BCUT2D eigenvalue weighted by molar-refractivity contribution is 7.13. The highest BCUT2D eigenvalue weighted by atomic mass is 32.1. The van der Waals surface area contributed by atoms with E-state index in [1.807, 2.05) is 37.3 Å². The Morgan fingerprint density at radius 1 is 1.38 bits per heavy atom. The molecule has 108 valence electrons. The Morgan fingerprint density at radius 3 is 2.90 bits per heavy atom. The number of furan rings is 1. The van der Waals surface area contributed by atoms with Crippen molar-refractivity contribution in [2.75, 3.05) is 0 Å². The van der Waals surface area contributed by atoms with Crippen molar-refractivity contribution in [3.63, 3.8) is 0 Å². The summed E-state index contributed by atoms with van der Waals surface area (Å²) < 4.78 is 5.79. The van der Waals surface area contributed by atoms with Gasteiger partial charge in [-0.1, -0.05) is 29.5 Å². The minimum Gasteiger partial charge on any atom is -0.459 e. The SMILES string of the molecule is CC(NCc1csc([N+](=O)[O-])c1)c1cc2ccccc2o1. The van der Waals surface area contributed by atoms with Crippen molar-refractivity contribution in [3.05, 3.63) is 63.2 Å². The molecule has 21 heavy (non-hydrogen) atoms. The molecule has 1 atom stereocenters. The van der Waals surface area contributed by atoms with E-state index in [-0.39, 0.29) is 16.0 Å². The summed E-state index contributed by atoms with van der Waals surface area (Å²) in [5, 5.41) is 17.0. The summed E-state index contributed by atoms with van der Waals surface area (Å²) in [6.45, 7) is 2.58. The first kappa shape index (κ1) is 13.8. The average molecular weight is 302 g/mol. The molecular weight excluding hydrogens is 288 g/mol. The van der Waals surface area contributed by atoms with Crippen molar-refractivity contribution in [3.8, 4) is 0 Å². The predicted octanol–water partition coefficient (Wildman–Crippen LogP) is 4.25. The molecule has 2 aromatic heterocycles. The van der Waals surface area contributed by atoms with Crippen LogP contribution in [0.15, 0.2) is 46.2 Å². The van der Waals surface area contributed by atoms with E-state index < -0.39 is 0 Å². The highest BCUT2D eigenvalue weighted by Crippen LogP contribution is 2.25. The summed E-state index contributed by atoms with van der Waals surface area (Å²) in [7, 11) is 0. The number of nitrogens with zero attached hydrogens (tertiary/aromatic N) is 1. The van der Waals surface area contributed by atoms with E-state index in [9.17, 15) is 10.1 Å². The van der Waals surface area contributed by atoms with Gasteiger partial charge in [-0.3, -0.25) is 10.1 Å². The largest absolute Gasteiger partial charge is 0.459 e. The fraction of sp³-hybridized carbons (Fsp3) is 0.200. The van der Waals surface area contributed by atoms with Crippen LogP contribution in [0.2, 0.25) is 0 Å². The molecule has 0 aliphatic rings. The van der Waals surface area contributed by atoms with Crippen LogP contribution in [-0.4, -0.2) is 4.92 Å². The van der Waals surface area contributed by atoms with Gasteiger partial charge in [-0.05, 0) is 24.6 Å². The Bertz CT molecular complexity index is 745. The molecule has 1 aromatic carbocycles. The average Bonchev–Trinajstić information content (AvgIpc) is 3.11. The Hall–Kier alpha value is -2.18. The molecule has 6 heteroatoms. The Morgan fingerprint density at radius 2 is 2.19 bits per heavy atom. The van der Waals surface area contributed by atoms with Crippen LogP contribution in [0.4, 0.5) is 5.00 Å². The number of hydrogen-bond acceptors (Lipinski definition) is 5. The molecule has 0 saturated carbocycles. The lowest BCUT2D eigenvalue weighted by Crippen LogP contribution is -2.17. The van der Waals surface area contributed by atoms with Crippen LogP contribution in [0.25, 0.3) is 11.0 Å². The summed E-state index contributed by atoms with van der Waals surface area (Å²) in [5.74, 6) is 0.862. The third-order valence-corrected chi connectivity index (χ3v) is 4.23. The summed E-state index contributed by atoms with van der Waals surface area (Å²) in [5.41, 5.74) is 1.78. The van der Waals surface area contributed by atoms with E-state index in [0.717, 1.165) is 33.6 Å². The monoisotopic (exact) mass is 302 g/mol. The quantitative estimate of drug-likeness (QED) is 0.565. The second-order valence-corrected chi connectivity index (χ2v) is 5.73. The molecule has 2 heterocycles. The summed E-state index contributed by atoms with van der Waals surface area (Å²) >= 11 is 1.15. The molecule has 0 aliphatic carbocycles. The molecule has 0 aliphatic heterocycles. The molecule has 5 nitrogen and oxygen atoms in total. The van der Waals surface area contributed by atoms with Crippen molar-refractivity contribution < 1.29 is 9.34 Å². The van der Waals surface area contributed by atoms with Gasteiger partial charge in [-0.2, -0.15) is 0 Å². The fourth-order valence-corrected chi connectivity index (χ4v) is 2.87. The molecule has 0 saturated heterocycles. The second kappa shape index (κ2) is 5.67. The maximum atomic E-state index is 10.7. The van der Waals surface area contributed by atoms with Crippen LogP contribution in [0, 0.1) is 10.1 Å². The topological polar surface area (TPSA) is 68.3 Å². The van der Waals surface area contributed by atoms with Crippen molar-refractivity contribution in [1.82, 2.24) is 5.32 Å². The summed E-state index contributed by atoms with van der Waals surface area (Å²) in [6, 6.07) is 11.5. The second-order valence-electron chi connectivity index (χ2n) is 4.84. The number of thiophene rings is 1. The van der Waals surface area contributed by atoms with Gasteiger partial charge in [0.2, 0.25) is 0 Å². The highest BCUT2D eigenvalue weighted by Gasteiger charge is 2.13. The first-order valence-electron chi connectivity index (χ1n) is 6.57. The van der Waals surface area contributed by atoms with Crippen LogP contribution in [0.1, 0.15) is 24.3 Å². The van der Waals surface area contributed by atoms with Gasteiger partial charge in [0.05, 0.1) is 11.0 Å². The maximum absolute atomic E-state index is 10.7. The molecular formula is C15H14N2O3S. The third kappa shape index (κ3) is 2.96. The normalized spacial score (nSPS) is 12.6. The first-order valence-corrected chi connectivity index (χ1v) is 7.45. The van der Waals surface area contributed by atoms with E-state index in [2.05, 4.69) is 5.32 Å². The third-order valence-electron chi connectivity index (χ3n) is 3.30. The van der Waals surface area contributed by atoms with Gasteiger partial charge in [0, 0.05) is 23.4 Å². The zero-order valence-electron chi connectivity index (χ0n) is 11.4. The number of nitrogens with one attached hydrogen (secondary N) is 1. The smallest absolute Gasteiger partial charge is 0.324 e. The lowest BCUT2D eigenvalue weighted by atomic mass is 10.2. The van der Waals surface area contributed by atoms with Crippen molar-refractivity contribution in [2.24, 2.45) is 0 Å². The van der Waals surface area contributed by atoms with Crippen LogP contribution >= 0.6 is 11.3 Å². The summed E-state index contributed by atoms with van der Waals surface area (Å²) in [6.07, 6.45) is 0. The van der Waals surface area contributed by atoms with E-state index in [4.69, 9.17) is 4.42 Å². The minimum absolute atomic E-state index is 0.0383. The zero-order chi connectivity index (χ0) is 14.8. The van der Waals surface area contributed by atoms with Gasteiger partial charge in [-0.15, -0.1) is 0 Å². The molecule has 0 spiro atoms. The molecule has 0 amide bonds. The molecule has 0 radical (unpaired) electrons. The van der Waals surface area contributed by atoms with E-state index in [1.165, 1.54) is 0 Å². The molecule has 1 unspecified atom stereocenters. The van der Waals surface area contributed by atoms with E-state index in [1.54, 1.807) is 11.4 Å². The number of hydrogen-bond donors (Lipinski definition) is 1. The molecule has 0 bridgehead atoms. The molecule has 3 aromatic rings. The summed E-state index contributed by atoms with van der Waals surface area (Å²) in [4.78, 5) is 10.3. The molecule has 1 N–H and O–H groups in total. The van der Waals surface area contributed by atoms with Gasteiger partial charge in [0.1, 0.15) is 11.3 Å². The lowest BCUT2D eigenvalue weighted by molar-refractivity contribution is -0.380. The maximum Gasteiger partial charge on any atom is 0.324 e. The first-order chi connectivity index (χ1) is 10.1. The Labute approximate surface area is 125 Å². The number of nitro groups is 1. The van der Waals surface area contributed by atoms with Crippen molar-refractivity contribution in [1.29, 1.82) is 0 Å². The van der Waals surface area contributed by atoms with Gasteiger partial charge in [-0.25, -0.2) is 0 Å². The van der Waals surface area contributed by atoms with Gasteiger partial charge < -0.3 is 9.73 Å². The van der Waals surface area contributed by atoms with Crippen LogP contribution in [0.5, 0.6) is 0 Å². The van der Waals surface area contributed by atoms with Crippen LogP contribution in [0.3, 0.4) is 0 Å². The number of para-hydroxylation sites is 1. The van der Waals surface area contributed by atoms with Crippen molar-refractivity contribution in [2.45, 2.75) is 19.5 Å². The van der Waals surface area contributed by atoms with Gasteiger partial charge in [0.15, 0.2) is 0 Å². The number of fused-ring (bicyclic) bond motifs is 1. The lowest BCUT2D eigenvalue weighted by Gasteiger charge is -2.09. The van der Waals surface area contributed by atoms with Crippen LogP contribution < -0.4 is 5.32 Å². The molecule has 0 fully saturated rings. The van der Waals surface area contributed by atoms with E-state index >= 15 is 0 Å². The minimum atomic E-state index is -0.364. The van der Waals surface area contributed by atoms with Crippen molar-refractivity contribution >= 4 is 27.3 Å². The molecule has 3 rings (SSSR count). The number of benzene rings is 1.